The Bertz CT molecular complexity index is 620. The molecule has 0 aromatic heterocycles. The highest BCUT2D eigenvalue weighted by molar-refractivity contribution is 5.95. The SMILES string of the molecule is CC(=O)c1ccc(O[C@@H](C)c2ccccc2)c(N(C)C)c1. The van der Waals surface area contributed by atoms with E-state index in [-0.39, 0.29) is 11.9 Å². The van der Waals surface area contributed by atoms with Crippen LogP contribution in [0.1, 0.15) is 35.9 Å². The van der Waals surface area contributed by atoms with Gasteiger partial charge in [0.1, 0.15) is 11.9 Å². The third-order valence-electron chi connectivity index (χ3n) is 3.42. The van der Waals surface area contributed by atoms with Crippen LogP contribution in [0.25, 0.3) is 0 Å². The number of hydrogen-bond donors (Lipinski definition) is 0. The summed E-state index contributed by atoms with van der Waals surface area (Å²) in [5.74, 6) is 0.835. The fourth-order valence-electron chi connectivity index (χ4n) is 2.17. The van der Waals surface area contributed by atoms with E-state index in [0.29, 0.717) is 5.56 Å². The van der Waals surface area contributed by atoms with Crippen LogP contribution in [-0.2, 0) is 0 Å². The van der Waals surface area contributed by atoms with Gasteiger partial charge in [-0.1, -0.05) is 30.3 Å². The molecule has 2 aromatic carbocycles. The van der Waals surface area contributed by atoms with E-state index in [1.54, 1.807) is 6.92 Å². The minimum atomic E-state index is -0.0481. The van der Waals surface area contributed by atoms with Crippen molar-refractivity contribution >= 4 is 11.5 Å². The van der Waals surface area contributed by atoms with Crippen molar-refractivity contribution in [1.29, 1.82) is 0 Å². The molecule has 110 valence electrons. The first-order valence-corrected chi connectivity index (χ1v) is 7.03. The van der Waals surface area contributed by atoms with Crippen molar-refractivity contribution in [2.24, 2.45) is 0 Å². The van der Waals surface area contributed by atoms with Crippen LogP contribution in [0, 0.1) is 0 Å². The zero-order valence-electron chi connectivity index (χ0n) is 13.0. The molecule has 0 aliphatic heterocycles. The summed E-state index contributed by atoms with van der Waals surface area (Å²) < 4.78 is 6.07. The number of benzene rings is 2. The zero-order valence-corrected chi connectivity index (χ0v) is 13.0. The minimum Gasteiger partial charge on any atom is -0.484 e. The van der Waals surface area contributed by atoms with E-state index in [0.717, 1.165) is 17.0 Å². The lowest BCUT2D eigenvalue weighted by Crippen LogP contribution is -2.13. The Balaban J connectivity index is 2.29. The lowest BCUT2D eigenvalue weighted by atomic mass is 10.1. The fraction of sp³-hybridized carbons (Fsp3) is 0.278. The smallest absolute Gasteiger partial charge is 0.159 e. The second-order valence-electron chi connectivity index (χ2n) is 5.30. The number of Topliss-reactive ketones (excluding diaryl/α,β-unsaturated/α-hetero) is 1. The molecule has 21 heavy (non-hydrogen) atoms. The summed E-state index contributed by atoms with van der Waals surface area (Å²) in [4.78, 5) is 13.5. The minimum absolute atomic E-state index is 0.0481. The van der Waals surface area contributed by atoms with E-state index < -0.39 is 0 Å². The van der Waals surface area contributed by atoms with Crippen molar-refractivity contribution in [3.8, 4) is 5.75 Å². The van der Waals surface area contributed by atoms with Gasteiger partial charge in [-0.2, -0.15) is 0 Å². The maximum atomic E-state index is 11.5. The summed E-state index contributed by atoms with van der Waals surface area (Å²) in [7, 11) is 3.89. The molecule has 3 heteroatoms. The number of rotatable bonds is 5. The lowest BCUT2D eigenvalue weighted by molar-refractivity contribution is 0.101. The molecule has 0 N–H and O–H groups in total. The van der Waals surface area contributed by atoms with Crippen molar-refractivity contribution in [2.75, 3.05) is 19.0 Å². The van der Waals surface area contributed by atoms with Gasteiger partial charge in [0.2, 0.25) is 0 Å². The van der Waals surface area contributed by atoms with Gasteiger partial charge in [0.25, 0.3) is 0 Å². The number of anilines is 1. The Hall–Kier alpha value is -2.29. The molecule has 0 bridgehead atoms. The van der Waals surface area contributed by atoms with E-state index >= 15 is 0 Å². The number of ether oxygens (including phenoxy) is 1. The summed E-state index contributed by atoms with van der Waals surface area (Å²) in [6.07, 6.45) is -0.0481. The zero-order chi connectivity index (χ0) is 15.4. The first-order valence-electron chi connectivity index (χ1n) is 7.03. The quantitative estimate of drug-likeness (QED) is 0.774. The number of nitrogens with zero attached hydrogens (tertiary/aromatic N) is 1. The van der Waals surface area contributed by atoms with Crippen molar-refractivity contribution in [3.05, 3.63) is 59.7 Å². The molecule has 0 saturated heterocycles. The van der Waals surface area contributed by atoms with Crippen LogP contribution in [0.3, 0.4) is 0 Å². The average Bonchev–Trinajstić information content (AvgIpc) is 2.48. The molecular weight excluding hydrogens is 262 g/mol. The molecule has 0 spiro atoms. The molecule has 0 saturated carbocycles. The highest BCUT2D eigenvalue weighted by atomic mass is 16.5. The van der Waals surface area contributed by atoms with Crippen molar-refractivity contribution in [3.63, 3.8) is 0 Å². The Morgan fingerprint density at radius 2 is 1.76 bits per heavy atom. The number of ketones is 1. The Labute approximate surface area is 126 Å². The van der Waals surface area contributed by atoms with Crippen molar-refractivity contribution in [1.82, 2.24) is 0 Å². The Morgan fingerprint density at radius 3 is 2.33 bits per heavy atom. The second kappa shape index (κ2) is 6.44. The van der Waals surface area contributed by atoms with Crippen LogP contribution in [0.2, 0.25) is 0 Å². The first kappa shape index (κ1) is 15.1. The van der Waals surface area contributed by atoms with Gasteiger partial charge in [0.15, 0.2) is 5.78 Å². The Kier molecular flexibility index (Phi) is 4.63. The normalized spacial score (nSPS) is 11.8. The predicted molar refractivity (Wildman–Crippen MR) is 86.3 cm³/mol. The fourth-order valence-corrected chi connectivity index (χ4v) is 2.17. The van der Waals surface area contributed by atoms with Crippen LogP contribution < -0.4 is 9.64 Å². The maximum Gasteiger partial charge on any atom is 0.159 e. The van der Waals surface area contributed by atoms with E-state index in [1.807, 2.05) is 74.4 Å². The molecule has 3 nitrogen and oxygen atoms in total. The van der Waals surface area contributed by atoms with Crippen LogP contribution >= 0.6 is 0 Å². The molecule has 0 aliphatic rings. The summed E-state index contributed by atoms with van der Waals surface area (Å²) in [6.45, 7) is 3.59. The van der Waals surface area contributed by atoms with Crippen LogP contribution in [0.5, 0.6) is 5.75 Å². The number of hydrogen-bond acceptors (Lipinski definition) is 3. The maximum absolute atomic E-state index is 11.5. The predicted octanol–water partition coefficient (Wildman–Crippen LogP) is 4.10. The average molecular weight is 283 g/mol. The van der Waals surface area contributed by atoms with Gasteiger partial charge in [-0.15, -0.1) is 0 Å². The molecule has 2 aromatic rings. The van der Waals surface area contributed by atoms with Crippen molar-refractivity contribution in [2.45, 2.75) is 20.0 Å². The third kappa shape index (κ3) is 3.63. The molecule has 0 fully saturated rings. The highest BCUT2D eigenvalue weighted by Gasteiger charge is 2.13. The molecule has 1 atom stereocenters. The van der Waals surface area contributed by atoms with Crippen LogP contribution in [0.4, 0.5) is 5.69 Å². The number of carbonyl (C=O) groups is 1. The van der Waals surface area contributed by atoms with E-state index in [1.165, 1.54) is 0 Å². The molecule has 0 unspecified atom stereocenters. The molecule has 0 amide bonds. The summed E-state index contributed by atoms with van der Waals surface area (Å²) in [6, 6.07) is 15.6. The van der Waals surface area contributed by atoms with Gasteiger partial charge in [-0.25, -0.2) is 0 Å². The monoisotopic (exact) mass is 283 g/mol. The largest absolute Gasteiger partial charge is 0.484 e. The Morgan fingerprint density at radius 1 is 1.10 bits per heavy atom. The summed E-state index contributed by atoms with van der Waals surface area (Å²) in [5, 5.41) is 0. The standard InChI is InChI=1S/C18H21NO2/c1-13(20)16-10-11-18(17(12-16)19(3)4)21-14(2)15-8-6-5-7-9-15/h5-12,14H,1-4H3/t14-/m0/s1. The van der Waals surface area contributed by atoms with Gasteiger partial charge >= 0.3 is 0 Å². The van der Waals surface area contributed by atoms with Gasteiger partial charge < -0.3 is 9.64 Å². The van der Waals surface area contributed by atoms with Crippen LogP contribution in [-0.4, -0.2) is 19.9 Å². The molecule has 0 radical (unpaired) electrons. The summed E-state index contributed by atoms with van der Waals surface area (Å²) in [5.41, 5.74) is 2.72. The van der Waals surface area contributed by atoms with E-state index in [4.69, 9.17) is 4.74 Å². The van der Waals surface area contributed by atoms with E-state index in [2.05, 4.69) is 0 Å². The molecule has 0 aliphatic carbocycles. The van der Waals surface area contributed by atoms with Crippen molar-refractivity contribution < 1.29 is 9.53 Å². The summed E-state index contributed by atoms with van der Waals surface area (Å²) >= 11 is 0. The first-order chi connectivity index (χ1) is 9.99. The molecule has 0 heterocycles. The van der Waals surface area contributed by atoms with Gasteiger partial charge in [0, 0.05) is 19.7 Å². The lowest BCUT2D eigenvalue weighted by Gasteiger charge is -2.22. The highest BCUT2D eigenvalue weighted by Crippen LogP contribution is 2.32. The number of carbonyl (C=O) groups excluding carboxylic acids is 1. The van der Waals surface area contributed by atoms with Crippen LogP contribution in [0.15, 0.2) is 48.5 Å². The third-order valence-corrected chi connectivity index (χ3v) is 3.42. The van der Waals surface area contributed by atoms with E-state index in [9.17, 15) is 4.79 Å². The molecule has 2 rings (SSSR count). The van der Waals surface area contributed by atoms with Gasteiger partial charge in [-0.3, -0.25) is 4.79 Å². The molecular formula is C18H21NO2. The second-order valence-corrected chi connectivity index (χ2v) is 5.30. The topological polar surface area (TPSA) is 29.5 Å². The van der Waals surface area contributed by atoms with Gasteiger partial charge in [0.05, 0.1) is 5.69 Å². The van der Waals surface area contributed by atoms with Gasteiger partial charge in [-0.05, 0) is 37.6 Å².